The van der Waals surface area contributed by atoms with E-state index in [0.717, 1.165) is 50.4 Å². The van der Waals surface area contributed by atoms with E-state index in [2.05, 4.69) is 4.90 Å². The van der Waals surface area contributed by atoms with Gasteiger partial charge in [-0.05, 0) is 104 Å². The Balaban J connectivity index is 1.03. The van der Waals surface area contributed by atoms with Crippen LogP contribution in [0.4, 0.5) is 17.2 Å². The lowest BCUT2D eigenvalue weighted by molar-refractivity contribution is -0.132. The van der Waals surface area contributed by atoms with E-state index in [-0.39, 0.29) is 35.8 Å². The number of aryl methyl sites for hydroxylation is 2. The van der Waals surface area contributed by atoms with Gasteiger partial charge in [0.2, 0.25) is 23.6 Å². The van der Waals surface area contributed by atoms with Crippen LogP contribution in [0, 0.1) is 41.9 Å². The fourth-order valence-electron chi connectivity index (χ4n) is 10.5. The van der Waals surface area contributed by atoms with Gasteiger partial charge in [-0.25, -0.2) is 4.90 Å². The number of carbonyl (C=O) groups is 4. The zero-order valence-corrected chi connectivity index (χ0v) is 35.7. The lowest BCUT2D eigenvalue weighted by Gasteiger charge is -2.47. The summed E-state index contributed by atoms with van der Waals surface area (Å²) in [6.45, 7) is 6.68. The molecular formula is C47H44ClN5O7S. The van der Waals surface area contributed by atoms with E-state index in [0.29, 0.717) is 47.6 Å². The molecule has 5 aromatic rings. The number of ether oxygens (including phenoxy) is 2. The molecule has 1 saturated carbocycles. The normalized spacial score (nSPS) is 26.3. The first-order valence-electron chi connectivity index (χ1n) is 20.6. The lowest BCUT2D eigenvalue weighted by atomic mass is 9.52. The SMILES string of the molecule is COc1cc(C=C[C@H]2C3=CC[C@@H]4C(=O)N(c5ccc(N6CCOCC6)cc5)C(=O)[C@@H]4[C@@H]3C[C@H]3C(=O)N(c4cc(-c5sc6ccc(Cl)cc6c5C)nn4C)C(=O)[C@@]23C)ccc1O. The van der Waals surface area contributed by atoms with E-state index in [9.17, 15) is 19.5 Å². The maximum Gasteiger partial charge on any atom is 0.242 e. The Labute approximate surface area is 361 Å². The maximum atomic E-state index is 15.2. The zero-order valence-electron chi connectivity index (χ0n) is 34.1. The van der Waals surface area contributed by atoms with Crippen molar-refractivity contribution in [1.29, 1.82) is 0 Å². The number of imide groups is 2. The summed E-state index contributed by atoms with van der Waals surface area (Å²) in [7, 11) is 3.21. The van der Waals surface area contributed by atoms with Crippen LogP contribution < -0.4 is 19.4 Å². The summed E-state index contributed by atoms with van der Waals surface area (Å²) in [4.78, 5) is 64.8. The fourth-order valence-corrected chi connectivity index (χ4v) is 11.9. The minimum Gasteiger partial charge on any atom is -0.504 e. The summed E-state index contributed by atoms with van der Waals surface area (Å²) in [5.74, 6) is -3.80. The molecule has 0 radical (unpaired) electrons. The Hall–Kier alpha value is -5.76. The predicted octanol–water partition coefficient (Wildman–Crippen LogP) is 7.80. The molecule has 10 rings (SSSR count). The number of phenolic OH excluding ortho intramolecular Hbond substituents is 1. The smallest absolute Gasteiger partial charge is 0.242 e. The standard InChI is InChI=1S/C47H44ClN5O7S/c1-25-32-22-27(48)7-16-39(32)61-42(25)36-24-40(50(3)49-36)53-44(56)35-23-33-30(34(47(35,2)46(53)58)14-5-26-6-15-37(54)38(21-26)59-4)12-13-31-41(33)45(57)52(43(31)55)29-10-8-28(9-11-29)51-17-19-60-20-18-51/h5-12,14-16,21-22,24,31,33-35,41,54H,13,17-20,23H2,1-4H3/t31-,33+,34-,35-,41-,47-/m0/s1. The first-order chi connectivity index (χ1) is 29.4. The Morgan fingerprint density at radius 1 is 0.934 bits per heavy atom. The van der Waals surface area contributed by atoms with Gasteiger partial charge in [0.15, 0.2) is 11.5 Å². The number of rotatable bonds is 7. The van der Waals surface area contributed by atoms with Crippen molar-refractivity contribution in [2.45, 2.75) is 26.7 Å². The van der Waals surface area contributed by atoms with Crippen molar-refractivity contribution in [2.75, 3.05) is 48.1 Å². The van der Waals surface area contributed by atoms with Gasteiger partial charge >= 0.3 is 0 Å². The molecule has 4 amide bonds. The number of hydrogen-bond donors (Lipinski definition) is 1. The second kappa shape index (κ2) is 14.7. The number of halogens is 1. The molecule has 3 saturated heterocycles. The van der Waals surface area contributed by atoms with E-state index in [4.69, 9.17) is 26.2 Å². The van der Waals surface area contributed by atoms with Gasteiger partial charge in [0.1, 0.15) is 11.5 Å². The molecule has 14 heteroatoms. The molecule has 6 atom stereocenters. The van der Waals surface area contributed by atoms with Crippen LogP contribution in [0.25, 0.3) is 26.7 Å². The summed E-state index contributed by atoms with van der Waals surface area (Å²) >= 11 is 7.92. The van der Waals surface area contributed by atoms with Crippen molar-refractivity contribution >= 4 is 79.9 Å². The molecule has 2 aromatic heterocycles. The van der Waals surface area contributed by atoms with Crippen LogP contribution in [-0.4, -0.2) is 71.9 Å². The Kier molecular flexibility index (Phi) is 9.50. The van der Waals surface area contributed by atoms with Gasteiger partial charge < -0.3 is 19.5 Å². The number of allylic oxidation sites excluding steroid dienone is 3. The number of aromatic hydroxyl groups is 1. The fraction of sp³-hybridized carbons (Fsp3) is 0.340. The van der Waals surface area contributed by atoms with Crippen molar-refractivity contribution in [3.05, 3.63) is 101 Å². The van der Waals surface area contributed by atoms with Crippen molar-refractivity contribution < 1.29 is 33.8 Å². The second-order valence-electron chi connectivity index (χ2n) is 16.8. The quantitative estimate of drug-likeness (QED) is 0.129. The molecule has 3 aliphatic heterocycles. The molecule has 3 aromatic carbocycles. The van der Waals surface area contributed by atoms with Crippen molar-refractivity contribution in [3.8, 4) is 22.1 Å². The Bertz CT molecular complexity index is 2730. The maximum absolute atomic E-state index is 15.2. The largest absolute Gasteiger partial charge is 0.504 e. The summed E-state index contributed by atoms with van der Waals surface area (Å²) < 4.78 is 13.5. The van der Waals surface area contributed by atoms with Gasteiger partial charge in [0.25, 0.3) is 0 Å². The number of morpholine rings is 1. The molecule has 2 aliphatic carbocycles. The molecule has 5 aliphatic rings. The molecule has 4 fully saturated rings. The van der Waals surface area contributed by atoms with Crippen LogP contribution in [0.3, 0.4) is 0 Å². The van der Waals surface area contributed by atoms with Crippen molar-refractivity contribution in [3.63, 3.8) is 0 Å². The molecule has 61 heavy (non-hydrogen) atoms. The zero-order chi connectivity index (χ0) is 42.5. The molecule has 0 bridgehead atoms. The number of amides is 4. The first kappa shape index (κ1) is 39.4. The number of hydrogen-bond acceptors (Lipinski definition) is 10. The van der Waals surface area contributed by atoms with Gasteiger partial charge in [0.05, 0.1) is 54.1 Å². The summed E-state index contributed by atoms with van der Waals surface area (Å²) in [5, 5.41) is 16.8. The molecule has 0 unspecified atom stereocenters. The number of methoxy groups -OCH3 is 1. The second-order valence-corrected chi connectivity index (χ2v) is 18.3. The lowest BCUT2D eigenvalue weighted by Crippen LogP contribution is -2.49. The topological polar surface area (TPSA) is 135 Å². The molecule has 0 spiro atoms. The number of carbonyl (C=O) groups excluding carboxylic acids is 4. The third-order valence-corrected chi connectivity index (χ3v) is 15.3. The number of fused-ring (bicyclic) bond motifs is 5. The minimum atomic E-state index is -1.24. The highest BCUT2D eigenvalue weighted by molar-refractivity contribution is 7.22. The number of thiophene rings is 1. The minimum absolute atomic E-state index is 0.00691. The van der Waals surface area contributed by atoms with E-state index in [1.165, 1.54) is 16.9 Å². The predicted molar refractivity (Wildman–Crippen MR) is 235 cm³/mol. The molecule has 5 heterocycles. The number of phenols is 1. The van der Waals surface area contributed by atoms with Crippen LogP contribution in [-0.2, 0) is 31.0 Å². The Morgan fingerprint density at radius 2 is 1.69 bits per heavy atom. The van der Waals surface area contributed by atoms with E-state index >= 15 is 4.79 Å². The third-order valence-electron chi connectivity index (χ3n) is 13.7. The highest BCUT2D eigenvalue weighted by atomic mass is 35.5. The number of aromatic nitrogens is 2. The van der Waals surface area contributed by atoms with Crippen LogP contribution in [0.1, 0.15) is 30.9 Å². The summed E-state index contributed by atoms with van der Waals surface area (Å²) in [6.07, 6.45) is 6.40. The van der Waals surface area contributed by atoms with E-state index < -0.39 is 35.0 Å². The molecule has 312 valence electrons. The Morgan fingerprint density at radius 3 is 2.44 bits per heavy atom. The van der Waals surface area contributed by atoms with Gasteiger partial charge in [0, 0.05) is 47.5 Å². The van der Waals surface area contributed by atoms with Gasteiger partial charge in [-0.3, -0.25) is 28.8 Å². The van der Waals surface area contributed by atoms with E-state index in [1.54, 1.807) is 47.3 Å². The van der Waals surface area contributed by atoms with Crippen LogP contribution in [0.2, 0.25) is 5.02 Å². The number of benzene rings is 3. The van der Waals surface area contributed by atoms with Gasteiger partial charge in [-0.1, -0.05) is 41.5 Å². The third kappa shape index (κ3) is 6.06. The summed E-state index contributed by atoms with van der Waals surface area (Å²) in [6, 6.07) is 20.1. The van der Waals surface area contributed by atoms with Crippen LogP contribution in [0.15, 0.2) is 84.5 Å². The average molecular weight is 858 g/mol. The van der Waals surface area contributed by atoms with Gasteiger partial charge in [-0.2, -0.15) is 5.10 Å². The van der Waals surface area contributed by atoms with Crippen molar-refractivity contribution in [2.24, 2.45) is 42.1 Å². The molecular weight excluding hydrogens is 814 g/mol. The first-order valence-corrected chi connectivity index (χ1v) is 21.8. The van der Waals surface area contributed by atoms with Crippen molar-refractivity contribution in [1.82, 2.24) is 9.78 Å². The molecule has 1 N–H and O–H groups in total. The van der Waals surface area contributed by atoms with Gasteiger partial charge in [-0.15, -0.1) is 11.3 Å². The number of nitrogens with zero attached hydrogens (tertiary/aromatic N) is 5. The number of anilines is 3. The van der Waals surface area contributed by atoms with Crippen LogP contribution >= 0.6 is 22.9 Å². The van der Waals surface area contributed by atoms with Crippen LogP contribution in [0.5, 0.6) is 11.5 Å². The molecule has 12 nitrogen and oxygen atoms in total. The average Bonchev–Trinajstić information content (AvgIpc) is 3.94. The monoisotopic (exact) mass is 857 g/mol. The highest BCUT2D eigenvalue weighted by Crippen LogP contribution is 2.61. The van der Waals surface area contributed by atoms with E-state index in [1.807, 2.05) is 74.5 Å². The highest BCUT2D eigenvalue weighted by Gasteiger charge is 2.67. The summed E-state index contributed by atoms with van der Waals surface area (Å²) in [5.41, 5.74) is 3.52.